The van der Waals surface area contributed by atoms with Gasteiger partial charge < -0.3 is 9.88 Å². The summed E-state index contributed by atoms with van der Waals surface area (Å²) < 4.78 is 15.2. The number of halogens is 1. The Morgan fingerprint density at radius 3 is 2.96 bits per heavy atom. The molecule has 0 unspecified atom stereocenters. The van der Waals surface area contributed by atoms with Gasteiger partial charge in [-0.25, -0.2) is 9.37 Å². The molecule has 3 aromatic rings. The second kappa shape index (κ2) is 6.82. The van der Waals surface area contributed by atoms with Gasteiger partial charge >= 0.3 is 0 Å². The van der Waals surface area contributed by atoms with Crippen molar-refractivity contribution in [1.29, 1.82) is 0 Å². The summed E-state index contributed by atoms with van der Waals surface area (Å²) in [5.74, 6) is 0.301. The summed E-state index contributed by atoms with van der Waals surface area (Å²) in [7, 11) is 1.84. The first-order valence-corrected chi connectivity index (χ1v) is 8.02. The fraction of sp³-hybridized carbons (Fsp3) is 0.353. The lowest BCUT2D eigenvalue weighted by Gasteiger charge is -2.04. The number of hydrogen-bond acceptors (Lipinski definition) is 3. The van der Waals surface area contributed by atoms with Gasteiger partial charge in [-0.3, -0.25) is 9.89 Å². The molecule has 1 amide bonds. The number of imidazole rings is 1. The lowest BCUT2D eigenvalue weighted by molar-refractivity contribution is 0.0949. The van der Waals surface area contributed by atoms with Gasteiger partial charge in [0.25, 0.3) is 5.91 Å². The van der Waals surface area contributed by atoms with Crippen molar-refractivity contribution in [3.8, 4) is 0 Å². The molecular weight excluding hydrogens is 309 g/mol. The van der Waals surface area contributed by atoms with Crippen LogP contribution in [0.4, 0.5) is 4.39 Å². The van der Waals surface area contributed by atoms with Crippen molar-refractivity contribution in [2.75, 3.05) is 6.54 Å². The van der Waals surface area contributed by atoms with E-state index in [4.69, 9.17) is 0 Å². The van der Waals surface area contributed by atoms with Crippen molar-refractivity contribution in [3.63, 3.8) is 0 Å². The van der Waals surface area contributed by atoms with E-state index >= 15 is 0 Å². The van der Waals surface area contributed by atoms with Crippen LogP contribution in [0.1, 0.15) is 35.4 Å². The van der Waals surface area contributed by atoms with Gasteiger partial charge in [-0.15, -0.1) is 0 Å². The zero-order chi connectivity index (χ0) is 17.1. The monoisotopic (exact) mass is 329 g/mol. The van der Waals surface area contributed by atoms with E-state index in [1.54, 1.807) is 12.1 Å². The van der Waals surface area contributed by atoms with Crippen LogP contribution in [0.3, 0.4) is 0 Å². The van der Waals surface area contributed by atoms with Crippen LogP contribution in [-0.4, -0.2) is 32.2 Å². The van der Waals surface area contributed by atoms with E-state index in [1.807, 2.05) is 11.6 Å². The van der Waals surface area contributed by atoms with Crippen LogP contribution >= 0.6 is 0 Å². The van der Waals surface area contributed by atoms with Crippen molar-refractivity contribution in [2.24, 2.45) is 7.05 Å². The molecule has 0 atom stereocenters. The molecule has 0 bridgehead atoms. The Balaban J connectivity index is 1.61. The van der Waals surface area contributed by atoms with Crippen molar-refractivity contribution >= 4 is 16.9 Å². The Hall–Kier alpha value is -2.70. The van der Waals surface area contributed by atoms with E-state index in [0.717, 1.165) is 35.4 Å². The van der Waals surface area contributed by atoms with E-state index in [1.165, 1.54) is 12.1 Å². The number of rotatable bonds is 6. The molecule has 2 heterocycles. The van der Waals surface area contributed by atoms with Gasteiger partial charge in [-0.05, 0) is 30.7 Å². The third-order valence-electron chi connectivity index (χ3n) is 3.95. The van der Waals surface area contributed by atoms with Crippen LogP contribution < -0.4 is 5.32 Å². The van der Waals surface area contributed by atoms with Gasteiger partial charge in [0.15, 0.2) is 0 Å². The first-order valence-electron chi connectivity index (χ1n) is 8.02. The maximum absolute atomic E-state index is 13.3. The molecule has 6 nitrogen and oxygen atoms in total. The van der Waals surface area contributed by atoms with Crippen LogP contribution in [0.15, 0.2) is 24.3 Å². The first kappa shape index (κ1) is 16.2. The topological polar surface area (TPSA) is 75.6 Å². The van der Waals surface area contributed by atoms with Gasteiger partial charge in [0.05, 0.1) is 11.0 Å². The van der Waals surface area contributed by atoms with E-state index in [9.17, 15) is 9.18 Å². The lowest BCUT2D eigenvalue weighted by atomic mass is 10.2. The highest BCUT2D eigenvalue weighted by atomic mass is 19.1. The third kappa shape index (κ3) is 3.29. The average molecular weight is 329 g/mol. The summed E-state index contributed by atoms with van der Waals surface area (Å²) >= 11 is 0. The minimum atomic E-state index is -0.285. The van der Waals surface area contributed by atoms with Crippen LogP contribution in [0.5, 0.6) is 0 Å². The average Bonchev–Trinajstić information content (AvgIpc) is 3.14. The van der Waals surface area contributed by atoms with Crippen LogP contribution in [0.2, 0.25) is 0 Å². The van der Waals surface area contributed by atoms with Crippen LogP contribution in [-0.2, 0) is 19.9 Å². The zero-order valence-electron chi connectivity index (χ0n) is 13.8. The Labute approximate surface area is 139 Å². The number of hydrogen-bond donors (Lipinski definition) is 2. The number of carbonyl (C=O) groups excluding carboxylic acids is 1. The molecule has 7 heteroatoms. The van der Waals surface area contributed by atoms with E-state index in [0.29, 0.717) is 18.7 Å². The van der Waals surface area contributed by atoms with Crippen molar-refractivity contribution in [1.82, 2.24) is 25.1 Å². The van der Waals surface area contributed by atoms with Gasteiger partial charge in [0.2, 0.25) is 0 Å². The lowest BCUT2D eigenvalue weighted by Crippen LogP contribution is -2.26. The summed E-state index contributed by atoms with van der Waals surface area (Å²) in [5.41, 5.74) is 2.84. The Bertz CT molecular complexity index is 867. The Kier molecular flexibility index (Phi) is 4.59. The Morgan fingerprint density at radius 2 is 2.17 bits per heavy atom. The largest absolute Gasteiger partial charge is 0.350 e. The van der Waals surface area contributed by atoms with E-state index in [-0.39, 0.29) is 11.7 Å². The molecule has 126 valence electrons. The minimum Gasteiger partial charge on any atom is -0.350 e. The fourth-order valence-electron chi connectivity index (χ4n) is 2.69. The highest BCUT2D eigenvalue weighted by Crippen LogP contribution is 2.16. The maximum atomic E-state index is 13.3. The highest BCUT2D eigenvalue weighted by Gasteiger charge is 2.12. The molecule has 0 saturated heterocycles. The standard InChI is InChI=1S/C17H20FN5O/c1-3-4-12-10-14(22-21-12)17(24)19-8-7-16-20-13-6-5-11(18)9-15(13)23(16)2/h5-6,9-10H,3-4,7-8H2,1-2H3,(H,19,24)(H,21,22). The summed E-state index contributed by atoms with van der Waals surface area (Å²) in [6.45, 7) is 2.51. The predicted octanol–water partition coefficient (Wildman–Crippen LogP) is 2.36. The number of benzene rings is 1. The molecule has 0 fully saturated rings. The first-order chi connectivity index (χ1) is 11.6. The van der Waals surface area contributed by atoms with Gasteiger partial charge in [0, 0.05) is 25.7 Å². The summed E-state index contributed by atoms with van der Waals surface area (Å²) in [6.07, 6.45) is 2.43. The predicted molar refractivity (Wildman–Crippen MR) is 89.3 cm³/mol. The molecule has 24 heavy (non-hydrogen) atoms. The number of nitrogens with zero attached hydrogens (tertiary/aromatic N) is 3. The molecule has 0 aliphatic heterocycles. The normalized spacial score (nSPS) is 11.1. The molecule has 1 aromatic carbocycles. The van der Waals surface area contributed by atoms with Crippen molar-refractivity contribution in [3.05, 3.63) is 47.3 Å². The summed E-state index contributed by atoms with van der Waals surface area (Å²) in [6, 6.07) is 6.29. The van der Waals surface area contributed by atoms with Crippen LogP contribution in [0, 0.1) is 5.82 Å². The zero-order valence-corrected chi connectivity index (χ0v) is 13.8. The Morgan fingerprint density at radius 1 is 1.33 bits per heavy atom. The molecule has 0 aliphatic rings. The molecular formula is C17H20FN5O. The molecule has 2 N–H and O–H groups in total. The third-order valence-corrected chi connectivity index (χ3v) is 3.95. The number of H-pyrrole nitrogens is 1. The van der Waals surface area contributed by atoms with Gasteiger partial charge in [-0.1, -0.05) is 13.3 Å². The van der Waals surface area contributed by atoms with E-state index in [2.05, 4.69) is 27.4 Å². The van der Waals surface area contributed by atoms with Gasteiger partial charge in [0.1, 0.15) is 17.3 Å². The molecule has 2 aromatic heterocycles. The fourth-order valence-corrected chi connectivity index (χ4v) is 2.69. The number of fused-ring (bicyclic) bond motifs is 1. The molecule has 0 spiro atoms. The second-order valence-corrected chi connectivity index (χ2v) is 5.75. The SMILES string of the molecule is CCCc1cc(C(=O)NCCc2nc3ccc(F)cc3n2C)n[nH]1. The van der Waals surface area contributed by atoms with Gasteiger partial charge in [-0.2, -0.15) is 5.10 Å². The van der Waals surface area contributed by atoms with Crippen LogP contribution in [0.25, 0.3) is 11.0 Å². The molecule has 3 rings (SSSR count). The number of nitrogens with one attached hydrogen (secondary N) is 2. The summed E-state index contributed by atoms with van der Waals surface area (Å²) in [5, 5.41) is 9.72. The number of aryl methyl sites for hydroxylation is 2. The smallest absolute Gasteiger partial charge is 0.271 e. The highest BCUT2D eigenvalue weighted by molar-refractivity contribution is 5.92. The number of amides is 1. The van der Waals surface area contributed by atoms with Crippen molar-refractivity contribution in [2.45, 2.75) is 26.2 Å². The second-order valence-electron chi connectivity index (χ2n) is 5.75. The molecule has 0 saturated carbocycles. The minimum absolute atomic E-state index is 0.210. The number of aromatic nitrogens is 4. The van der Waals surface area contributed by atoms with Crippen molar-refractivity contribution < 1.29 is 9.18 Å². The molecule has 0 aliphatic carbocycles. The number of aromatic amines is 1. The maximum Gasteiger partial charge on any atom is 0.271 e. The summed E-state index contributed by atoms with van der Waals surface area (Å²) in [4.78, 5) is 16.6. The number of carbonyl (C=O) groups is 1. The van der Waals surface area contributed by atoms with E-state index < -0.39 is 0 Å². The molecule has 0 radical (unpaired) electrons. The quantitative estimate of drug-likeness (QED) is 0.729.